The zero-order valence-electron chi connectivity index (χ0n) is 9.32. The molecule has 90 valence electrons. The Bertz CT molecular complexity index is 276. The molecule has 0 saturated heterocycles. The third-order valence-corrected chi connectivity index (χ3v) is 4.69. The third-order valence-electron chi connectivity index (χ3n) is 2.37. The first-order valence-corrected chi connectivity index (χ1v) is 8.21. The van der Waals surface area contributed by atoms with E-state index in [0.717, 1.165) is 0 Å². The summed E-state index contributed by atoms with van der Waals surface area (Å²) in [5, 5.41) is 3.52. The summed E-state index contributed by atoms with van der Waals surface area (Å²) in [7, 11) is -3.08. The van der Waals surface area contributed by atoms with Gasteiger partial charge in [-0.15, -0.1) is 0 Å². The normalized spacial score (nSPS) is 19.1. The Morgan fingerprint density at radius 1 is 1.47 bits per heavy atom. The number of rotatable bonds is 8. The molecule has 0 aromatic heterocycles. The van der Waals surface area contributed by atoms with Crippen molar-refractivity contribution in [2.45, 2.75) is 31.1 Å². The van der Waals surface area contributed by atoms with Crippen molar-refractivity contribution in [2.75, 3.05) is 25.1 Å². The Hall–Kier alpha value is 0.220. The standard InChI is InChI=1S/C9H20N2O2S2/c1-8(14-2)7-11-15(12,13)6-5-10-9-3-4-9/h8-11H,3-7H2,1-2H3. The molecule has 1 fully saturated rings. The molecule has 1 saturated carbocycles. The average molecular weight is 252 g/mol. The molecule has 4 nitrogen and oxygen atoms in total. The van der Waals surface area contributed by atoms with Gasteiger partial charge in [-0.25, -0.2) is 13.1 Å². The number of sulfonamides is 1. The molecule has 0 aliphatic heterocycles. The average Bonchev–Trinajstić information content (AvgIpc) is 2.98. The van der Waals surface area contributed by atoms with Crippen LogP contribution in [0.2, 0.25) is 0 Å². The molecule has 6 heteroatoms. The Balaban J connectivity index is 2.12. The molecule has 0 amide bonds. The maximum atomic E-state index is 11.5. The fraction of sp³-hybridized carbons (Fsp3) is 1.00. The van der Waals surface area contributed by atoms with Gasteiger partial charge in [0.05, 0.1) is 5.75 Å². The second kappa shape index (κ2) is 6.08. The van der Waals surface area contributed by atoms with Crippen molar-refractivity contribution in [3.05, 3.63) is 0 Å². The van der Waals surface area contributed by atoms with E-state index in [2.05, 4.69) is 10.0 Å². The lowest BCUT2D eigenvalue weighted by molar-refractivity contribution is 0.576. The SMILES string of the molecule is CSC(C)CNS(=O)(=O)CCNC1CC1. The molecule has 0 aromatic rings. The number of nitrogens with one attached hydrogen (secondary N) is 2. The van der Waals surface area contributed by atoms with Crippen LogP contribution in [0, 0.1) is 0 Å². The van der Waals surface area contributed by atoms with Gasteiger partial charge in [-0.2, -0.15) is 11.8 Å². The topological polar surface area (TPSA) is 58.2 Å². The first-order valence-electron chi connectivity index (χ1n) is 5.27. The van der Waals surface area contributed by atoms with Crippen LogP contribution in [0.3, 0.4) is 0 Å². The van der Waals surface area contributed by atoms with Crippen LogP contribution in [0.5, 0.6) is 0 Å². The number of thioether (sulfide) groups is 1. The highest BCUT2D eigenvalue weighted by Gasteiger charge is 2.21. The largest absolute Gasteiger partial charge is 0.313 e. The molecule has 2 N–H and O–H groups in total. The summed E-state index contributed by atoms with van der Waals surface area (Å²) in [6.07, 6.45) is 4.36. The molecule has 1 aliphatic rings. The first kappa shape index (κ1) is 13.3. The summed E-state index contributed by atoms with van der Waals surface area (Å²) < 4.78 is 25.6. The van der Waals surface area contributed by atoms with Crippen molar-refractivity contribution < 1.29 is 8.42 Å². The monoisotopic (exact) mass is 252 g/mol. The quantitative estimate of drug-likeness (QED) is 0.657. The van der Waals surface area contributed by atoms with Crippen LogP contribution in [0.4, 0.5) is 0 Å². The third kappa shape index (κ3) is 6.40. The van der Waals surface area contributed by atoms with Gasteiger partial charge in [-0.05, 0) is 19.1 Å². The van der Waals surface area contributed by atoms with E-state index in [-0.39, 0.29) is 5.75 Å². The minimum atomic E-state index is -3.08. The summed E-state index contributed by atoms with van der Waals surface area (Å²) in [6, 6.07) is 0.574. The van der Waals surface area contributed by atoms with Gasteiger partial charge in [-0.1, -0.05) is 6.92 Å². The molecule has 1 rings (SSSR count). The van der Waals surface area contributed by atoms with E-state index >= 15 is 0 Å². The van der Waals surface area contributed by atoms with Gasteiger partial charge in [0.1, 0.15) is 0 Å². The van der Waals surface area contributed by atoms with Crippen molar-refractivity contribution in [1.82, 2.24) is 10.0 Å². The van der Waals surface area contributed by atoms with Crippen LogP contribution >= 0.6 is 11.8 Å². The fourth-order valence-corrected chi connectivity index (χ4v) is 2.48. The van der Waals surface area contributed by atoms with E-state index in [1.54, 1.807) is 11.8 Å². The first-order chi connectivity index (χ1) is 7.03. The Morgan fingerprint density at radius 2 is 2.13 bits per heavy atom. The van der Waals surface area contributed by atoms with Crippen molar-refractivity contribution in [2.24, 2.45) is 0 Å². The second-order valence-electron chi connectivity index (χ2n) is 3.94. The lowest BCUT2D eigenvalue weighted by Crippen LogP contribution is -2.35. The molecule has 0 heterocycles. The van der Waals surface area contributed by atoms with Crippen LogP contribution in [0.25, 0.3) is 0 Å². The van der Waals surface area contributed by atoms with Crippen LogP contribution < -0.4 is 10.0 Å². The molecule has 1 atom stereocenters. The van der Waals surface area contributed by atoms with E-state index in [0.29, 0.717) is 24.4 Å². The molecule has 1 unspecified atom stereocenters. The zero-order chi connectivity index (χ0) is 11.3. The highest BCUT2D eigenvalue weighted by Crippen LogP contribution is 2.17. The maximum Gasteiger partial charge on any atom is 0.212 e. The molecule has 0 bridgehead atoms. The van der Waals surface area contributed by atoms with Crippen molar-refractivity contribution >= 4 is 21.8 Å². The highest BCUT2D eigenvalue weighted by molar-refractivity contribution is 7.99. The summed E-state index contributed by atoms with van der Waals surface area (Å²) in [5.74, 6) is 0.185. The van der Waals surface area contributed by atoms with Crippen molar-refractivity contribution in [3.8, 4) is 0 Å². The zero-order valence-corrected chi connectivity index (χ0v) is 11.0. The van der Waals surface area contributed by atoms with Crippen LogP contribution in [0.1, 0.15) is 19.8 Å². The molecule has 15 heavy (non-hydrogen) atoms. The molecule has 0 spiro atoms. The minimum Gasteiger partial charge on any atom is -0.313 e. The van der Waals surface area contributed by atoms with Crippen LogP contribution in [-0.2, 0) is 10.0 Å². The number of hydrogen-bond acceptors (Lipinski definition) is 4. The van der Waals surface area contributed by atoms with Gasteiger partial charge in [0.15, 0.2) is 0 Å². The van der Waals surface area contributed by atoms with E-state index in [1.165, 1.54) is 12.8 Å². The van der Waals surface area contributed by atoms with E-state index in [9.17, 15) is 8.42 Å². The second-order valence-corrected chi connectivity index (χ2v) is 7.14. The Morgan fingerprint density at radius 3 is 2.67 bits per heavy atom. The number of hydrogen-bond donors (Lipinski definition) is 2. The van der Waals surface area contributed by atoms with Crippen molar-refractivity contribution in [3.63, 3.8) is 0 Å². The minimum absolute atomic E-state index is 0.185. The molecule has 1 aliphatic carbocycles. The van der Waals surface area contributed by atoms with Crippen LogP contribution in [-0.4, -0.2) is 44.8 Å². The van der Waals surface area contributed by atoms with Gasteiger partial charge in [-0.3, -0.25) is 0 Å². The summed E-state index contributed by atoms with van der Waals surface area (Å²) in [4.78, 5) is 0. The van der Waals surface area contributed by atoms with Gasteiger partial charge in [0.25, 0.3) is 0 Å². The maximum absolute atomic E-state index is 11.5. The van der Waals surface area contributed by atoms with E-state index < -0.39 is 10.0 Å². The Labute approximate surface area is 96.6 Å². The summed E-state index contributed by atoms with van der Waals surface area (Å²) >= 11 is 1.66. The lowest BCUT2D eigenvalue weighted by atomic mass is 10.5. The van der Waals surface area contributed by atoms with E-state index in [1.807, 2.05) is 13.2 Å². The van der Waals surface area contributed by atoms with Gasteiger partial charge < -0.3 is 5.32 Å². The van der Waals surface area contributed by atoms with Gasteiger partial charge >= 0.3 is 0 Å². The highest BCUT2D eigenvalue weighted by atomic mass is 32.2. The van der Waals surface area contributed by atoms with E-state index in [4.69, 9.17) is 0 Å². The summed E-state index contributed by atoms with van der Waals surface area (Å²) in [6.45, 7) is 3.09. The van der Waals surface area contributed by atoms with Gasteiger partial charge in [0.2, 0.25) is 10.0 Å². The predicted molar refractivity (Wildman–Crippen MR) is 65.8 cm³/mol. The molecular weight excluding hydrogens is 232 g/mol. The smallest absolute Gasteiger partial charge is 0.212 e. The van der Waals surface area contributed by atoms with Gasteiger partial charge in [0, 0.05) is 24.4 Å². The molecule has 0 aromatic carbocycles. The summed E-state index contributed by atoms with van der Waals surface area (Å²) in [5.41, 5.74) is 0. The predicted octanol–water partition coefficient (Wildman–Crippen LogP) is 0.409. The molecule has 0 radical (unpaired) electrons. The van der Waals surface area contributed by atoms with Crippen LogP contribution in [0.15, 0.2) is 0 Å². The molecular formula is C9H20N2O2S2. The Kier molecular flexibility index (Phi) is 5.38. The fourth-order valence-electron chi connectivity index (χ4n) is 1.08. The van der Waals surface area contributed by atoms with Crippen molar-refractivity contribution in [1.29, 1.82) is 0 Å². The lowest BCUT2D eigenvalue weighted by Gasteiger charge is -2.10.